The average molecular weight is 182 g/mol. The molecule has 0 heterocycles. The smallest absolute Gasteiger partial charge is 0.253 e. The SMILES string of the molecule is CCNc1cccc(F)c1C(N)=O. The predicted molar refractivity (Wildman–Crippen MR) is 49.1 cm³/mol. The Morgan fingerprint density at radius 1 is 1.62 bits per heavy atom. The summed E-state index contributed by atoms with van der Waals surface area (Å²) in [5.74, 6) is -1.35. The third kappa shape index (κ3) is 1.96. The predicted octanol–water partition coefficient (Wildman–Crippen LogP) is 1.36. The summed E-state index contributed by atoms with van der Waals surface area (Å²) in [6, 6.07) is 4.35. The fourth-order valence-electron chi connectivity index (χ4n) is 1.11. The van der Waals surface area contributed by atoms with E-state index in [1.54, 1.807) is 6.07 Å². The molecule has 0 atom stereocenters. The Balaban J connectivity index is 3.17. The highest BCUT2D eigenvalue weighted by atomic mass is 19.1. The Labute approximate surface area is 75.7 Å². The Morgan fingerprint density at radius 3 is 2.85 bits per heavy atom. The number of carbonyl (C=O) groups is 1. The maximum Gasteiger partial charge on any atom is 0.253 e. The van der Waals surface area contributed by atoms with E-state index in [9.17, 15) is 9.18 Å². The third-order valence-corrected chi connectivity index (χ3v) is 1.63. The van der Waals surface area contributed by atoms with Crippen LogP contribution in [0.15, 0.2) is 18.2 Å². The van der Waals surface area contributed by atoms with Crippen LogP contribution in [-0.4, -0.2) is 12.5 Å². The highest BCUT2D eigenvalue weighted by Gasteiger charge is 2.12. The van der Waals surface area contributed by atoms with Crippen molar-refractivity contribution in [3.63, 3.8) is 0 Å². The van der Waals surface area contributed by atoms with E-state index in [4.69, 9.17) is 5.73 Å². The van der Waals surface area contributed by atoms with Gasteiger partial charge in [-0.25, -0.2) is 4.39 Å². The van der Waals surface area contributed by atoms with E-state index in [-0.39, 0.29) is 5.56 Å². The first-order chi connectivity index (χ1) is 6.16. The quantitative estimate of drug-likeness (QED) is 0.741. The van der Waals surface area contributed by atoms with Gasteiger partial charge in [-0.05, 0) is 19.1 Å². The lowest BCUT2D eigenvalue weighted by atomic mass is 10.1. The van der Waals surface area contributed by atoms with Crippen LogP contribution in [0.2, 0.25) is 0 Å². The van der Waals surface area contributed by atoms with Gasteiger partial charge >= 0.3 is 0 Å². The normalized spacial score (nSPS) is 9.69. The fourth-order valence-corrected chi connectivity index (χ4v) is 1.11. The molecule has 3 N–H and O–H groups in total. The summed E-state index contributed by atoms with van der Waals surface area (Å²) in [5, 5.41) is 2.86. The Morgan fingerprint density at radius 2 is 2.31 bits per heavy atom. The molecule has 1 aromatic carbocycles. The van der Waals surface area contributed by atoms with E-state index in [2.05, 4.69) is 5.32 Å². The van der Waals surface area contributed by atoms with E-state index < -0.39 is 11.7 Å². The lowest BCUT2D eigenvalue weighted by Crippen LogP contribution is -2.16. The van der Waals surface area contributed by atoms with Gasteiger partial charge in [0.15, 0.2) is 0 Å². The molecule has 0 unspecified atom stereocenters. The topological polar surface area (TPSA) is 55.1 Å². The van der Waals surface area contributed by atoms with E-state index in [0.717, 1.165) is 0 Å². The minimum atomic E-state index is -0.756. The van der Waals surface area contributed by atoms with Gasteiger partial charge in [-0.3, -0.25) is 4.79 Å². The van der Waals surface area contributed by atoms with Gasteiger partial charge in [-0.1, -0.05) is 6.07 Å². The zero-order chi connectivity index (χ0) is 9.84. The summed E-state index contributed by atoms with van der Waals surface area (Å²) in [5.41, 5.74) is 5.39. The van der Waals surface area contributed by atoms with Crippen molar-refractivity contribution in [2.24, 2.45) is 5.73 Å². The van der Waals surface area contributed by atoms with Gasteiger partial charge in [0.1, 0.15) is 5.82 Å². The molecule has 0 aromatic heterocycles. The summed E-state index contributed by atoms with van der Waals surface area (Å²) in [4.78, 5) is 10.9. The first kappa shape index (κ1) is 9.51. The van der Waals surface area contributed by atoms with Gasteiger partial charge < -0.3 is 11.1 Å². The van der Waals surface area contributed by atoms with Gasteiger partial charge in [0.05, 0.1) is 5.56 Å². The van der Waals surface area contributed by atoms with Crippen molar-refractivity contribution in [2.45, 2.75) is 6.92 Å². The Kier molecular flexibility index (Phi) is 2.84. The molecule has 0 aliphatic carbocycles. The largest absolute Gasteiger partial charge is 0.385 e. The fraction of sp³-hybridized carbons (Fsp3) is 0.222. The second kappa shape index (κ2) is 3.89. The molecular weight excluding hydrogens is 171 g/mol. The molecule has 0 bridgehead atoms. The Hall–Kier alpha value is -1.58. The van der Waals surface area contributed by atoms with E-state index in [1.165, 1.54) is 12.1 Å². The highest BCUT2D eigenvalue weighted by molar-refractivity contribution is 5.98. The van der Waals surface area contributed by atoms with Crippen molar-refractivity contribution in [3.05, 3.63) is 29.6 Å². The first-order valence-electron chi connectivity index (χ1n) is 3.99. The summed E-state index contributed by atoms with van der Waals surface area (Å²) in [6.07, 6.45) is 0. The molecule has 0 fully saturated rings. The number of amides is 1. The van der Waals surface area contributed by atoms with Crippen molar-refractivity contribution in [3.8, 4) is 0 Å². The summed E-state index contributed by atoms with van der Waals surface area (Å²) in [6.45, 7) is 2.47. The number of halogens is 1. The van der Waals surface area contributed by atoms with Gasteiger partial charge in [0, 0.05) is 12.2 Å². The van der Waals surface area contributed by atoms with Crippen LogP contribution in [0.4, 0.5) is 10.1 Å². The number of hydrogen-bond acceptors (Lipinski definition) is 2. The molecular formula is C9H11FN2O. The molecule has 1 amide bonds. The number of carbonyl (C=O) groups excluding carboxylic acids is 1. The summed E-state index contributed by atoms with van der Waals surface area (Å²) >= 11 is 0. The van der Waals surface area contributed by atoms with Crippen molar-refractivity contribution in [1.29, 1.82) is 0 Å². The molecule has 13 heavy (non-hydrogen) atoms. The molecule has 70 valence electrons. The van der Waals surface area contributed by atoms with Crippen LogP contribution in [0.5, 0.6) is 0 Å². The number of benzene rings is 1. The zero-order valence-electron chi connectivity index (χ0n) is 7.30. The molecule has 0 saturated heterocycles. The van der Waals surface area contributed by atoms with Crippen LogP contribution in [0.1, 0.15) is 17.3 Å². The minimum absolute atomic E-state index is 0.0793. The maximum atomic E-state index is 13.1. The van der Waals surface area contributed by atoms with Gasteiger partial charge in [0.2, 0.25) is 0 Å². The lowest BCUT2D eigenvalue weighted by molar-refractivity contribution is 0.0997. The van der Waals surface area contributed by atoms with Crippen molar-refractivity contribution >= 4 is 11.6 Å². The number of nitrogens with two attached hydrogens (primary N) is 1. The number of hydrogen-bond donors (Lipinski definition) is 2. The van der Waals surface area contributed by atoms with Crippen LogP contribution < -0.4 is 11.1 Å². The maximum absolute atomic E-state index is 13.1. The molecule has 0 radical (unpaired) electrons. The summed E-state index contributed by atoms with van der Waals surface area (Å²) in [7, 11) is 0. The van der Waals surface area contributed by atoms with Crippen molar-refractivity contribution in [2.75, 3.05) is 11.9 Å². The number of primary amides is 1. The monoisotopic (exact) mass is 182 g/mol. The molecule has 3 nitrogen and oxygen atoms in total. The average Bonchev–Trinajstić information content (AvgIpc) is 2.04. The van der Waals surface area contributed by atoms with Gasteiger partial charge in [-0.15, -0.1) is 0 Å². The van der Waals surface area contributed by atoms with Crippen LogP contribution in [0.3, 0.4) is 0 Å². The molecule has 1 aromatic rings. The minimum Gasteiger partial charge on any atom is -0.385 e. The highest BCUT2D eigenvalue weighted by Crippen LogP contribution is 2.17. The third-order valence-electron chi connectivity index (χ3n) is 1.63. The van der Waals surface area contributed by atoms with Crippen LogP contribution in [-0.2, 0) is 0 Å². The molecule has 0 aliphatic heterocycles. The van der Waals surface area contributed by atoms with Crippen LogP contribution >= 0.6 is 0 Å². The molecule has 4 heteroatoms. The second-order valence-electron chi connectivity index (χ2n) is 2.56. The number of anilines is 1. The van der Waals surface area contributed by atoms with Crippen LogP contribution in [0, 0.1) is 5.82 Å². The van der Waals surface area contributed by atoms with E-state index in [0.29, 0.717) is 12.2 Å². The van der Waals surface area contributed by atoms with Crippen molar-refractivity contribution < 1.29 is 9.18 Å². The lowest BCUT2D eigenvalue weighted by Gasteiger charge is -2.07. The first-order valence-corrected chi connectivity index (χ1v) is 3.99. The van der Waals surface area contributed by atoms with Crippen LogP contribution in [0.25, 0.3) is 0 Å². The number of nitrogens with one attached hydrogen (secondary N) is 1. The Bertz CT molecular complexity index is 325. The van der Waals surface area contributed by atoms with E-state index in [1.807, 2.05) is 6.92 Å². The van der Waals surface area contributed by atoms with Gasteiger partial charge in [-0.2, -0.15) is 0 Å². The number of rotatable bonds is 3. The molecule has 0 saturated carbocycles. The molecule has 0 aliphatic rings. The van der Waals surface area contributed by atoms with Crippen molar-refractivity contribution in [1.82, 2.24) is 0 Å². The zero-order valence-corrected chi connectivity index (χ0v) is 7.30. The second-order valence-corrected chi connectivity index (χ2v) is 2.56. The van der Waals surface area contributed by atoms with Gasteiger partial charge in [0.25, 0.3) is 5.91 Å². The molecule has 0 spiro atoms. The summed E-state index contributed by atoms with van der Waals surface area (Å²) < 4.78 is 13.1. The molecule has 1 rings (SSSR count). The van der Waals surface area contributed by atoms with E-state index >= 15 is 0 Å². The standard InChI is InChI=1S/C9H11FN2O/c1-2-12-7-5-3-4-6(10)8(7)9(11)13/h3-5,12H,2H2,1H3,(H2,11,13).